The van der Waals surface area contributed by atoms with Crippen LogP contribution in [-0.4, -0.2) is 29.2 Å². The van der Waals surface area contributed by atoms with E-state index in [9.17, 15) is 4.79 Å². The van der Waals surface area contributed by atoms with Crippen molar-refractivity contribution in [3.05, 3.63) is 11.8 Å². The van der Waals surface area contributed by atoms with Gasteiger partial charge in [-0.25, -0.2) is 0 Å². The van der Waals surface area contributed by atoms with E-state index in [4.69, 9.17) is 0 Å². The largest absolute Gasteiger partial charge is 0.316 e. The fraction of sp³-hybridized carbons (Fsp3) is 0.556. The Kier molecular flexibility index (Phi) is 4.12. The van der Waals surface area contributed by atoms with Crippen LogP contribution in [0.2, 0.25) is 0 Å². The van der Waals surface area contributed by atoms with Gasteiger partial charge in [0.25, 0.3) is 0 Å². The van der Waals surface area contributed by atoms with E-state index in [1.54, 1.807) is 6.20 Å². The van der Waals surface area contributed by atoms with Gasteiger partial charge in [0.15, 0.2) is 0 Å². The number of hydrogen-bond acceptors (Lipinski definition) is 3. The average molecular weight is 196 g/mol. The first-order valence-corrected chi connectivity index (χ1v) is 4.74. The van der Waals surface area contributed by atoms with E-state index < -0.39 is 0 Å². The Hall–Kier alpha value is -1.36. The van der Waals surface area contributed by atoms with Crippen molar-refractivity contribution in [2.75, 3.05) is 18.4 Å². The zero-order valence-electron chi connectivity index (χ0n) is 8.55. The number of carbonyl (C=O) groups is 1. The van der Waals surface area contributed by atoms with Gasteiger partial charge in [0.05, 0.1) is 6.20 Å². The second kappa shape index (κ2) is 5.39. The fourth-order valence-electron chi connectivity index (χ4n) is 1.05. The Morgan fingerprint density at radius 3 is 3.00 bits per heavy atom. The molecule has 0 radical (unpaired) electrons. The predicted octanol–water partition coefficient (Wildman–Crippen LogP) is 0.656. The predicted molar refractivity (Wildman–Crippen MR) is 55.1 cm³/mol. The smallest absolute Gasteiger partial charge is 0.226 e. The molecule has 1 rings (SSSR count). The van der Waals surface area contributed by atoms with E-state index in [1.807, 2.05) is 13.8 Å². The Labute approximate surface area is 83.3 Å². The third-order valence-electron chi connectivity index (χ3n) is 1.87. The number of anilines is 1. The molecular weight excluding hydrogens is 180 g/mol. The van der Waals surface area contributed by atoms with Crippen molar-refractivity contribution >= 4 is 11.7 Å². The van der Waals surface area contributed by atoms with Gasteiger partial charge < -0.3 is 10.6 Å². The number of aromatic nitrogens is 2. The van der Waals surface area contributed by atoms with E-state index in [2.05, 4.69) is 20.8 Å². The highest BCUT2D eigenvalue weighted by Gasteiger charge is 2.04. The van der Waals surface area contributed by atoms with E-state index >= 15 is 0 Å². The number of amides is 1. The number of aryl methyl sites for hydroxylation is 1. The molecule has 5 nitrogen and oxygen atoms in total. The molecule has 0 unspecified atom stereocenters. The number of nitrogens with one attached hydrogen (secondary N) is 3. The van der Waals surface area contributed by atoms with Crippen molar-refractivity contribution in [2.45, 2.75) is 20.3 Å². The van der Waals surface area contributed by atoms with Crippen molar-refractivity contribution in [3.63, 3.8) is 0 Å². The molecule has 0 saturated heterocycles. The normalized spacial score (nSPS) is 10.1. The Bertz CT molecular complexity index is 295. The van der Waals surface area contributed by atoms with Gasteiger partial charge in [0.1, 0.15) is 5.82 Å². The molecule has 1 amide bonds. The van der Waals surface area contributed by atoms with E-state index in [1.165, 1.54) is 0 Å². The molecule has 0 saturated carbocycles. The summed E-state index contributed by atoms with van der Waals surface area (Å²) in [4.78, 5) is 11.3. The lowest BCUT2D eigenvalue weighted by molar-refractivity contribution is -0.116. The molecule has 1 aromatic heterocycles. The number of carbonyl (C=O) groups excluding carboxylic acids is 1. The van der Waals surface area contributed by atoms with Crippen LogP contribution in [0.15, 0.2) is 6.20 Å². The molecule has 1 aromatic rings. The number of hydrogen-bond donors (Lipinski definition) is 3. The van der Waals surface area contributed by atoms with Crippen LogP contribution in [0.4, 0.5) is 5.82 Å². The van der Waals surface area contributed by atoms with Crippen LogP contribution in [0, 0.1) is 6.92 Å². The summed E-state index contributed by atoms with van der Waals surface area (Å²) in [5, 5.41) is 12.4. The van der Waals surface area contributed by atoms with Crippen LogP contribution in [0.1, 0.15) is 18.9 Å². The van der Waals surface area contributed by atoms with Gasteiger partial charge in [-0.15, -0.1) is 0 Å². The SMILES string of the molecule is CCNCCC(=O)Nc1[nH]ncc1C. The molecular formula is C9H16N4O. The van der Waals surface area contributed by atoms with Crippen molar-refractivity contribution < 1.29 is 4.79 Å². The minimum Gasteiger partial charge on any atom is -0.316 e. The molecule has 0 aromatic carbocycles. The van der Waals surface area contributed by atoms with Gasteiger partial charge in [-0.3, -0.25) is 9.89 Å². The summed E-state index contributed by atoms with van der Waals surface area (Å²) in [6.45, 7) is 5.49. The molecule has 5 heteroatoms. The van der Waals surface area contributed by atoms with Crippen LogP contribution in [0.25, 0.3) is 0 Å². The minimum absolute atomic E-state index is 0.00157. The maximum atomic E-state index is 11.3. The molecule has 3 N–H and O–H groups in total. The first-order chi connectivity index (χ1) is 6.74. The lowest BCUT2D eigenvalue weighted by Crippen LogP contribution is -2.21. The number of rotatable bonds is 5. The van der Waals surface area contributed by atoms with Crippen molar-refractivity contribution in [1.82, 2.24) is 15.5 Å². The molecule has 0 aliphatic heterocycles. The molecule has 0 spiro atoms. The third-order valence-corrected chi connectivity index (χ3v) is 1.87. The van der Waals surface area contributed by atoms with Gasteiger partial charge in [0, 0.05) is 18.5 Å². The zero-order chi connectivity index (χ0) is 10.4. The molecule has 0 fully saturated rings. The number of aromatic amines is 1. The summed E-state index contributed by atoms with van der Waals surface area (Å²) >= 11 is 0. The lowest BCUT2D eigenvalue weighted by Gasteiger charge is -2.03. The maximum absolute atomic E-state index is 11.3. The fourth-order valence-corrected chi connectivity index (χ4v) is 1.05. The minimum atomic E-state index is -0.00157. The summed E-state index contributed by atoms with van der Waals surface area (Å²) < 4.78 is 0. The molecule has 14 heavy (non-hydrogen) atoms. The molecule has 0 atom stereocenters. The van der Waals surface area contributed by atoms with Crippen molar-refractivity contribution in [1.29, 1.82) is 0 Å². The molecule has 78 valence electrons. The first-order valence-electron chi connectivity index (χ1n) is 4.74. The van der Waals surface area contributed by atoms with E-state index in [-0.39, 0.29) is 5.91 Å². The standard InChI is InChI=1S/C9H16N4O/c1-3-10-5-4-8(14)12-9-7(2)6-11-13-9/h6,10H,3-5H2,1-2H3,(H2,11,12,13,14). The lowest BCUT2D eigenvalue weighted by atomic mass is 10.3. The van der Waals surface area contributed by atoms with Crippen LogP contribution in [0.3, 0.4) is 0 Å². The van der Waals surface area contributed by atoms with Crippen molar-refractivity contribution in [3.8, 4) is 0 Å². The second-order valence-electron chi connectivity index (χ2n) is 3.08. The topological polar surface area (TPSA) is 69.8 Å². The number of nitrogens with zero attached hydrogens (tertiary/aromatic N) is 1. The highest BCUT2D eigenvalue weighted by Crippen LogP contribution is 2.08. The summed E-state index contributed by atoms with van der Waals surface area (Å²) in [7, 11) is 0. The maximum Gasteiger partial charge on any atom is 0.226 e. The van der Waals surface area contributed by atoms with Gasteiger partial charge in [0.2, 0.25) is 5.91 Å². The first kappa shape index (κ1) is 10.7. The Morgan fingerprint density at radius 1 is 1.64 bits per heavy atom. The summed E-state index contributed by atoms with van der Waals surface area (Å²) in [5.41, 5.74) is 0.946. The van der Waals surface area contributed by atoms with Crippen LogP contribution >= 0.6 is 0 Å². The average Bonchev–Trinajstić information content (AvgIpc) is 2.52. The van der Waals surface area contributed by atoms with E-state index in [0.717, 1.165) is 12.1 Å². The van der Waals surface area contributed by atoms with Gasteiger partial charge in [-0.05, 0) is 13.5 Å². The zero-order valence-corrected chi connectivity index (χ0v) is 8.55. The van der Waals surface area contributed by atoms with Crippen LogP contribution in [0.5, 0.6) is 0 Å². The molecule has 0 bridgehead atoms. The van der Waals surface area contributed by atoms with Crippen molar-refractivity contribution in [2.24, 2.45) is 0 Å². The monoisotopic (exact) mass is 196 g/mol. The van der Waals surface area contributed by atoms with Gasteiger partial charge in [-0.1, -0.05) is 6.92 Å². The molecule has 0 aliphatic carbocycles. The summed E-state index contributed by atoms with van der Waals surface area (Å²) in [6, 6.07) is 0. The molecule has 0 aliphatic rings. The molecule has 1 heterocycles. The highest BCUT2D eigenvalue weighted by atomic mass is 16.1. The van der Waals surface area contributed by atoms with Crippen LogP contribution in [-0.2, 0) is 4.79 Å². The Balaban J connectivity index is 2.31. The summed E-state index contributed by atoms with van der Waals surface area (Å²) in [6.07, 6.45) is 2.16. The number of H-pyrrole nitrogens is 1. The highest BCUT2D eigenvalue weighted by molar-refractivity contribution is 5.90. The summed E-state index contributed by atoms with van der Waals surface area (Å²) in [5.74, 6) is 0.685. The van der Waals surface area contributed by atoms with Crippen LogP contribution < -0.4 is 10.6 Å². The van der Waals surface area contributed by atoms with E-state index in [0.29, 0.717) is 18.8 Å². The second-order valence-corrected chi connectivity index (χ2v) is 3.08. The van der Waals surface area contributed by atoms with Gasteiger partial charge >= 0.3 is 0 Å². The Morgan fingerprint density at radius 2 is 2.43 bits per heavy atom. The third kappa shape index (κ3) is 3.18. The van der Waals surface area contributed by atoms with Gasteiger partial charge in [-0.2, -0.15) is 5.10 Å². The quantitative estimate of drug-likeness (QED) is 0.606.